The lowest BCUT2D eigenvalue weighted by Gasteiger charge is -2.33. The molecule has 3 heteroatoms. The molecule has 3 nitrogen and oxygen atoms in total. The van der Waals surface area contributed by atoms with Crippen LogP contribution in [0.2, 0.25) is 0 Å². The van der Waals surface area contributed by atoms with E-state index in [4.69, 9.17) is 4.74 Å². The molecule has 0 spiro atoms. The van der Waals surface area contributed by atoms with E-state index in [0.29, 0.717) is 12.1 Å². The Morgan fingerprint density at radius 3 is 2.50 bits per heavy atom. The number of aliphatic hydroxyl groups excluding tert-OH is 1. The molecule has 1 aliphatic carbocycles. The Morgan fingerprint density at radius 2 is 2.06 bits per heavy atom. The first kappa shape index (κ1) is 13.9. The van der Waals surface area contributed by atoms with Gasteiger partial charge in [0.25, 0.3) is 0 Å². The summed E-state index contributed by atoms with van der Waals surface area (Å²) in [6, 6.07) is 0.462. The first-order valence-corrected chi connectivity index (χ1v) is 6.51. The lowest BCUT2D eigenvalue weighted by molar-refractivity contribution is 0.0561. The van der Waals surface area contributed by atoms with Crippen molar-refractivity contribution in [1.82, 2.24) is 5.32 Å². The second-order valence-corrected chi connectivity index (χ2v) is 5.65. The number of rotatable bonds is 6. The van der Waals surface area contributed by atoms with Gasteiger partial charge in [-0.3, -0.25) is 0 Å². The number of hydrogen-bond acceptors (Lipinski definition) is 3. The highest BCUT2D eigenvalue weighted by atomic mass is 16.5. The quantitative estimate of drug-likeness (QED) is 0.733. The monoisotopic (exact) mass is 229 g/mol. The lowest BCUT2D eigenvalue weighted by atomic mass is 9.92. The standard InChI is InChI=1S/C13H27NO2/c1-10(2)14-13(6-5-12(15)9-13)7-8-16-11(3)4/h10-12,14-15H,5-9H2,1-4H3. The van der Waals surface area contributed by atoms with E-state index >= 15 is 0 Å². The summed E-state index contributed by atoms with van der Waals surface area (Å²) >= 11 is 0. The molecule has 2 N–H and O–H groups in total. The number of aliphatic hydroxyl groups is 1. The van der Waals surface area contributed by atoms with Crippen molar-refractivity contribution in [3.63, 3.8) is 0 Å². The van der Waals surface area contributed by atoms with E-state index in [1.807, 2.05) is 0 Å². The van der Waals surface area contributed by atoms with Gasteiger partial charge in [0.05, 0.1) is 12.2 Å². The fourth-order valence-corrected chi connectivity index (χ4v) is 2.63. The van der Waals surface area contributed by atoms with Gasteiger partial charge in [0.1, 0.15) is 0 Å². The predicted molar refractivity (Wildman–Crippen MR) is 66.6 cm³/mol. The van der Waals surface area contributed by atoms with Crippen molar-refractivity contribution in [1.29, 1.82) is 0 Å². The van der Waals surface area contributed by atoms with Gasteiger partial charge in [-0.1, -0.05) is 13.8 Å². The summed E-state index contributed by atoms with van der Waals surface area (Å²) in [5, 5.41) is 13.3. The highest BCUT2D eigenvalue weighted by Gasteiger charge is 2.38. The minimum absolute atomic E-state index is 0.0997. The number of hydrogen-bond donors (Lipinski definition) is 2. The zero-order valence-electron chi connectivity index (χ0n) is 11.1. The Labute approximate surface area is 99.6 Å². The molecule has 1 fully saturated rings. The van der Waals surface area contributed by atoms with E-state index in [-0.39, 0.29) is 11.6 Å². The molecule has 1 saturated carbocycles. The average Bonchev–Trinajstić information content (AvgIpc) is 2.45. The highest BCUT2D eigenvalue weighted by molar-refractivity contribution is 4.97. The fourth-order valence-electron chi connectivity index (χ4n) is 2.63. The molecule has 16 heavy (non-hydrogen) atoms. The summed E-state index contributed by atoms with van der Waals surface area (Å²) in [4.78, 5) is 0. The summed E-state index contributed by atoms with van der Waals surface area (Å²) in [5.41, 5.74) is 0.0997. The molecule has 0 aromatic rings. The molecule has 0 heterocycles. The molecule has 1 rings (SSSR count). The highest BCUT2D eigenvalue weighted by Crippen LogP contribution is 2.33. The smallest absolute Gasteiger partial charge is 0.0558 e. The molecule has 0 radical (unpaired) electrons. The van der Waals surface area contributed by atoms with E-state index in [1.54, 1.807) is 0 Å². The fraction of sp³-hybridized carbons (Fsp3) is 1.00. The van der Waals surface area contributed by atoms with Crippen LogP contribution in [0.4, 0.5) is 0 Å². The summed E-state index contributed by atoms with van der Waals surface area (Å²) in [6.45, 7) is 9.23. The Kier molecular flexibility index (Phi) is 5.22. The van der Waals surface area contributed by atoms with Crippen molar-refractivity contribution in [2.45, 2.75) is 77.2 Å². The summed E-state index contributed by atoms with van der Waals surface area (Å²) in [6.07, 6.45) is 4.01. The van der Waals surface area contributed by atoms with Gasteiger partial charge in [-0.15, -0.1) is 0 Å². The first-order chi connectivity index (χ1) is 7.43. The molecule has 0 amide bonds. The van der Waals surface area contributed by atoms with Gasteiger partial charge in [-0.25, -0.2) is 0 Å². The van der Waals surface area contributed by atoms with Crippen LogP contribution in [0, 0.1) is 0 Å². The molecule has 0 bridgehead atoms. The molecule has 0 aliphatic heterocycles. The van der Waals surface area contributed by atoms with Crippen molar-refractivity contribution in [2.75, 3.05) is 6.61 Å². The zero-order chi connectivity index (χ0) is 12.2. The van der Waals surface area contributed by atoms with Gasteiger partial charge in [-0.05, 0) is 39.5 Å². The van der Waals surface area contributed by atoms with E-state index in [9.17, 15) is 5.11 Å². The second kappa shape index (κ2) is 5.99. The minimum atomic E-state index is -0.134. The van der Waals surface area contributed by atoms with Crippen molar-refractivity contribution < 1.29 is 9.84 Å². The maximum absolute atomic E-state index is 9.71. The van der Waals surface area contributed by atoms with Crippen LogP contribution in [0.25, 0.3) is 0 Å². The molecule has 96 valence electrons. The Hall–Kier alpha value is -0.120. The average molecular weight is 229 g/mol. The first-order valence-electron chi connectivity index (χ1n) is 6.51. The molecule has 0 aromatic heterocycles. The van der Waals surface area contributed by atoms with Crippen LogP contribution in [-0.4, -0.2) is 35.5 Å². The van der Waals surface area contributed by atoms with Gasteiger partial charge >= 0.3 is 0 Å². The van der Waals surface area contributed by atoms with Crippen LogP contribution in [0.5, 0.6) is 0 Å². The summed E-state index contributed by atoms with van der Waals surface area (Å²) in [7, 11) is 0. The topological polar surface area (TPSA) is 41.5 Å². The maximum Gasteiger partial charge on any atom is 0.0558 e. The number of ether oxygens (including phenoxy) is 1. The SMILES string of the molecule is CC(C)NC1(CCOC(C)C)CCC(O)C1. The Balaban J connectivity index is 2.44. The van der Waals surface area contributed by atoms with Gasteiger partial charge in [0, 0.05) is 18.2 Å². The molecule has 0 aromatic carbocycles. The third kappa shape index (κ3) is 4.40. The molecule has 2 atom stereocenters. The van der Waals surface area contributed by atoms with Crippen LogP contribution < -0.4 is 5.32 Å². The maximum atomic E-state index is 9.71. The molecule has 1 aliphatic rings. The largest absolute Gasteiger partial charge is 0.393 e. The zero-order valence-corrected chi connectivity index (χ0v) is 11.1. The Morgan fingerprint density at radius 1 is 1.38 bits per heavy atom. The van der Waals surface area contributed by atoms with E-state index < -0.39 is 0 Å². The third-order valence-corrected chi connectivity index (χ3v) is 3.21. The Bertz CT molecular complexity index is 206. The van der Waals surface area contributed by atoms with Crippen LogP contribution in [0.15, 0.2) is 0 Å². The van der Waals surface area contributed by atoms with Crippen molar-refractivity contribution >= 4 is 0 Å². The van der Waals surface area contributed by atoms with Crippen LogP contribution in [0.1, 0.15) is 53.4 Å². The van der Waals surface area contributed by atoms with E-state index in [0.717, 1.165) is 32.3 Å². The molecule has 0 saturated heterocycles. The molecule has 2 unspecified atom stereocenters. The van der Waals surface area contributed by atoms with Crippen LogP contribution in [0.3, 0.4) is 0 Å². The molecular weight excluding hydrogens is 202 g/mol. The van der Waals surface area contributed by atoms with Crippen molar-refractivity contribution in [2.24, 2.45) is 0 Å². The van der Waals surface area contributed by atoms with Crippen LogP contribution >= 0.6 is 0 Å². The predicted octanol–water partition coefficient (Wildman–Crippen LogP) is 2.08. The van der Waals surface area contributed by atoms with Gasteiger partial charge in [0.2, 0.25) is 0 Å². The summed E-state index contributed by atoms with van der Waals surface area (Å²) < 4.78 is 5.62. The summed E-state index contributed by atoms with van der Waals surface area (Å²) in [5.74, 6) is 0. The second-order valence-electron chi connectivity index (χ2n) is 5.65. The minimum Gasteiger partial charge on any atom is -0.393 e. The van der Waals surface area contributed by atoms with Crippen LogP contribution in [-0.2, 0) is 4.74 Å². The third-order valence-electron chi connectivity index (χ3n) is 3.21. The van der Waals surface area contributed by atoms with E-state index in [1.165, 1.54) is 0 Å². The van der Waals surface area contributed by atoms with Crippen molar-refractivity contribution in [3.05, 3.63) is 0 Å². The van der Waals surface area contributed by atoms with Crippen molar-refractivity contribution in [3.8, 4) is 0 Å². The van der Waals surface area contributed by atoms with E-state index in [2.05, 4.69) is 33.0 Å². The van der Waals surface area contributed by atoms with Gasteiger partial charge < -0.3 is 15.2 Å². The van der Waals surface area contributed by atoms with Gasteiger partial charge in [0.15, 0.2) is 0 Å². The van der Waals surface area contributed by atoms with Gasteiger partial charge in [-0.2, -0.15) is 0 Å². The molecular formula is C13H27NO2. The number of nitrogens with one attached hydrogen (secondary N) is 1. The lowest BCUT2D eigenvalue weighted by Crippen LogP contribution is -2.48. The normalized spacial score (nSPS) is 30.6.